The van der Waals surface area contributed by atoms with Gasteiger partial charge < -0.3 is 9.80 Å². The highest BCUT2D eigenvalue weighted by Gasteiger charge is 2.28. The number of Topliss-reactive ketones (excluding diaryl/α,β-unsaturated/α-hetero) is 2. The van der Waals surface area contributed by atoms with Gasteiger partial charge in [-0.25, -0.2) is 0 Å². The zero-order valence-electron chi connectivity index (χ0n) is 15.5. The van der Waals surface area contributed by atoms with Crippen molar-refractivity contribution in [1.29, 1.82) is 0 Å². The van der Waals surface area contributed by atoms with E-state index in [1.807, 2.05) is 40.3 Å². The van der Waals surface area contributed by atoms with Crippen LogP contribution in [0.5, 0.6) is 0 Å². The standard InChI is InChI=1S/C21H22N2O3/c1-22(2)11-19(24)13-5-7-15-16-8-6-14(20(25)12-23(3)4)10-18(16)21(26)17(15)9-13/h5-10H,11-12H2,1-4H3. The highest BCUT2D eigenvalue weighted by Crippen LogP contribution is 2.37. The Bertz CT molecular complexity index is 840. The number of hydrogen-bond acceptors (Lipinski definition) is 5. The fraction of sp³-hybridized carbons (Fsp3) is 0.286. The van der Waals surface area contributed by atoms with Crippen molar-refractivity contribution in [3.8, 4) is 11.1 Å². The van der Waals surface area contributed by atoms with E-state index in [-0.39, 0.29) is 17.3 Å². The molecule has 0 radical (unpaired) electrons. The van der Waals surface area contributed by atoms with E-state index in [1.165, 1.54) is 0 Å². The van der Waals surface area contributed by atoms with Crippen molar-refractivity contribution in [1.82, 2.24) is 9.80 Å². The largest absolute Gasteiger partial charge is 0.302 e. The molecular formula is C21H22N2O3. The maximum atomic E-state index is 12.8. The van der Waals surface area contributed by atoms with E-state index in [0.29, 0.717) is 35.3 Å². The monoisotopic (exact) mass is 350 g/mol. The van der Waals surface area contributed by atoms with E-state index in [9.17, 15) is 14.4 Å². The topological polar surface area (TPSA) is 57.7 Å². The Kier molecular flexibility index (Phi) is 4.85. The minimum atomic E-state index is -0.131. The summed E-state index contributed by atoms with van der Waals surface area (Å²) in [4.78, 5) is 41.0. The summed E-state index contributed by atoms with van der Waals surface area (Å²) in [5.41, 5.74) is 3.75. The van der Waals surface area contributed by atoms with Crippen LogP contribution < -0.4 is 0 Å². The molecule has 134 valence electrons. The molecule has 2 aromatic carbocycles. The number of benzene rings is 2. The van der Waals surface area contributed by atoms with E-state index in [4.69, 9.17) is 0 Å². The number of likely N-dealkylation sites (N-methyl/N-ethyl adjacent to an activating group) is 2. The van der Waals surface area contributed by atoms with Gasteiger partial charge in [0.1, 0.15) is 0 Å². The molecule has 0 atom stereocenters. The predicted octanol–water partition coefficient (Wildman–Crippen LogP) is 2.39. The molecule has 0 N–H and O–H groups in total. The minimum Gasteiger partial charge on any atom is -0.302 e. The second-order valence-electron chi connectivity index (χ2n) is 7.17. The lowest BCUT2D eigenvalue weighted by molar-refractivity contribution is 0.0949. The Morgan fingerprint density at radius 3 is 1.42 bits per heavy atom. The van der Waals surface area contributed by atoms with Crippen LogP contribution in [0.2, 0.25) is 0 Å². The minimum absolute atomic E-state index is 0.0246. The molecule has 2 aromatic rings. The lowest BCUT2D eigenvalue weighted by Gasteiger charge is -2.09. The summed E-state index contributed by atoms with van der Waals surface area (Å²) in [6.45, 7) is 0.590. The summed E-state index contributed by atoms with van der Waals surface area (Å²) < 4.78 is 0. The molecule has 0 bridgehead atoms. The molecule has 5 heteroatoms. The van der Waals surface area contributed by atoms with Gasteiger partial charge in [0.05, 0.1) is 13.1 Å². The van der Waals surface area contributed by atoms with Crippen molar-refractivity contribution >= 4 is 17.3 Å². The van der Waals surface area contributed by atoms with Crippen LogP contribution in [0.3, 0.4) is 0 Å². The van der Waals surface area contributed by atoms with Crippen LogP contribution in [0, 0.1) is 0 Å². The number of hydrogen-bond donors (Lipinski definition) is 0. The maximum absolute atomic E-state index is 12.8. The highest BCUT2D eigenvalue weighted by atomic mass is 16.1. The van der Waals surface area contributed by atoms with Crippen LogP contribution in [0.4, 0.5) is 0 Å². The first-order chi connectivity index (χ1) is 12.3. The van der Waals surface area contributed by atoms with Crippen molar-refractivity contribution in [3.05, 3.63) is 58.7 Å². The van der Waals surface area contributed by atoms with Crippen molar-refractivity contribution in [2.45, 2.75) is 0 Å². The van der Waals surface area contributed by atoms with Crippen LogP contribution in [0.15, 0.2) is 36.4 Å². The Hall–Kier alpha value is -2.63. The van der Waals surface area contributed by atoms with E-state index in [2.05, 4.69) is 0 Å². The molecule has 0 fully saturated rings. The number of carbonyl (C=O) groups is 3. The molecule has 1 aliphatic carbocycles. The lowest BCUT2D eigenvalue weighted by atomic mass is 10.00. The summed E-state index contributed by atoms with van der Waals surface area (Å²) in [5, 5.41) is 0. The molecule has 0 aromatic heterocycles. The normalized spacial score (nSPS) is 12.5. The molecule has 0 saturated carbocycles. The summed E-state index contributed by atoms with van der Waals surface area (Å²) in [7, 11) is 7.33. The van der Waals surface area contributed by atoms with Crippen LogP contribution in [-0.4, -0.2) is 68.4 Å². The number of rotatable bonds is 6. The number of carbonyl (C=O) groups excluding carboxylic acids is 3. The Morgan fingerprint density at radius 2 is 1.08 bits per heavy atom. The Balaban J connectivity index is 1.96. The number of fused-ring (bicyclic) bond motifs is 3. The molecule has 0 amide bonds. The van der Waals surface area contributed by atoms with Gasteiger partial charge in [-0.2, -0.15) is 0 Å². The van der Waals surface area contributed by atoms with Gasteiger partial charge in [-0.05, 0) is 51.5 Å². The fourth-order valence-corrected chi connectivity index (χ4v) is 3.18. The van der Waals surface area contributed by atoms with E-state index < -0.39 is 0 Å². The molecule has 0 unspecified atom stereocenters. The van der Waals surface area contributed by atoms with Gasteiger partial charge in [0.15, 0.2) is 17.3 Å². The Labute approximate surface area is 153 Å². The third kappa shape index (κ3) is 3.36. The molecule has 0 spiro atoms. The zero-order valence-corrected chi connectivity index (χ0v) is 15.5. The zero-order chi connectivity index (χ0) is 19.0. The second-order valence-corrected chi connectivity index (χ2v) is 7.17. The number of nitrogens with zero attached hydrogens (tertiary/aromatic N) is 2. The van der Waals surface area contributed by atoms with Gasteiger partial charge in [-0.1, -0.05) is 24.3 Å². The van der Waals surface area contributed by atoms with Gasteiger partial charge in [0.25, 0.3) is 0 Å². The smallest absolute Gasteiger partial charge is 0.194 e. The predicted molar refractivity (Wildman–Crippen MR) is 101 cm³/mol. The van der Waals surface area contributed by atoms with E-state index in [0.717, 1.165) is 11.1 Å². The Morgan fingerprint density at radius 1 is 0.692 bits per heavy atom. The molecule has 26 heavy (non-hydrogen) atoms. The first-order valence-electron chi connectivity index (χ1n) is 8.47. The molecule has 0 aliphatic heterocycles. The SMILES string of the molecule is CN(C)CC(=O)c1ccc2c(c1)C(=O)c1cc(C(=O)CN(C)C)ccc1-2. The molecular weight excluding hydrogens is 328 g/mol. The second kappa shape index (κ2) is 6.94. The van der Waals surface area contributed by atoms with Crippen molar-refractivity contribution in [2.75, 3.05) is 41.3 Å². The van der Waals surface area contributed by atoms with E-state index in [1.54, 1.807) is 34.1 Å². The van der Waals surface area contributed by atoms with Crippen LogP contribution >= 0.6 is 0 Å². The number of ketones is 3. The molecule has 3 rings (SSSR count). The van der Waals surface area contributed by atoms with Gasteiger partial charge in [-0.3, -0.25) is 14.4 Å². The average Bonchev–Trinajstić information content (AvgIpc) is 2.85. The van der Waals surface area contributed by atoms with Crippen molar-refractivity contribution < 1.29 is 14.4 Å². The summed E-state index contributed by atoms with van der Waals surface area (Å²) in [6, 6.07) is 10.5. The van der Waals surface area contributed by atoms with Crippen LogP contribution in [0.25, 0.3) is 11.1 Å². The average molecular weight is 350 g/mol. The lowest BCUT2D eigenvalue weighted by Crippen LogP contribution is -2.21. The first-order valence-corrected chi connectivity index (χ1v) is 8.47. The van der Waals surface area contributed by atoms with Crippen molar-refractivity contribution in [3.63, 3.8) is 0 Å². The van der Waals surface area contributed by atoms with Gasteiger partial charge in [0.2, 0.25) is 0 Å². The molecule has 0 heterocycles. The third-order valence-corrected chi connectivity index (χ3v) is 4.38. The van der Waals surface area contributed by atoms with Gasteiger partial charge >= 0.3 is 0 Å². The van der Waals surface area contributed by atoms with E-state index >= 15 is 0 Å². The highest BCUT2D eigenvalue weighted by molar-refractivity contribution is 6.23. The summed E-state index contributed by atoms with van der Waals surface area (Å²) >= 11 is 0. The van der Waals surface area contributed by atoms with Crippen LogP contribution in [-0.2, 0) is 0 Å². The molecule has 5 nitrogen and oxygen atoms in total. The van der Waals surface area contributed by atoms with Crippen LogP contribution in [0.1, 0.15) is 36.6 Å². The third-order valence-electron chi connectivity index (χ3n) is 4.38. The molecule has 0 saturated heterocycles. The van der Waals surface area contributed by atoms with Crippen molar-refractivity contribution in [2.24, 2.45) is 0 Å². The first kappa shape index (κ1) is 18.2. The quantitative estimate of drug-likeness (QED) is 0.639. The summed E-state index contributed by atoms with van der Waals surface area (Å²) in [5.74, 6) is -0.180. The summed E-state index contributed by atoms with van der Waals surface area (Å²) in [6.07, 6.45) is 0. The molecule has 1 aliphatic rings. The maximum Gasteiger partial charge on any atom is 0.194 e. The fourth-order valence-electron chi connectivity index (χ4n) is 3.18. The van der Waals surface area contributed by atoms with Gasteiger partial charge in [-0.15, -0.1) is 0 Å². The van der Waals surface area contributed by atoms with Gasteiger partial charge in [0, 0.05) is 22.3 Å².